The van der Waals surface area contributed by atoms with Crippen LogP contribution in [0.4, 0.5) is 5.69 Å². The highest BCUT2D eigenvalue weighted by molar-refractivity contribution is 7.92. The molecule has 2 heterocycles. The maximum Gasteiger partial charge on any atom is 0.261 e. The molecule has 0 bridgehead atoms. The minimum absolute atomic E-state index is 0.000335. The Hall–Kier alpha value is -2.72. The quantitative estimate of drug-likeness (QED) is 0.302. The van der Waals surface area contributed by atoms with Crippen molar-refractivity contribution in [3.05, 3.63) is 70.6 Å². The first kappa shape index (κ1) is 37.1. The second-order valence-corrected chi connectivity index (χ2v) is 17.1. The zero-order chi connectivity index (χ0) is 34.4. The molecule has 4 atom stereocenters. The Morgan fingerprint density at radius 2 is 1.83 bits per heavy atom. The van der Waals surface area contributed by atoms with Crippen LogP contribution in [0, 0.1) is 5.92 Å². The van der Waals surface area contributed by atoms with Gasteiger partial charge in [-0.1, -0.05) is 24.6 Å². The summed E-state index contributed by atoms with van der Waals surface area (Å²) < 4.78 is 69.3. The topological polar surface area (TPSA) is 143 Å². The maximum atomic E-state index is 14.3. The number of likely N-dealkylation sites (N-methyl/N-ethyl adjacent to an activating group) is 1. The highest BCUT2D eigenvalue weighted by Gasteiger charge is 2.33. The third kappa shape index (κ3) is 9.46. The zero-order valence-electron chi connectivity index (χ0n) is 26.8. The molecule has 4 rings (SSSR count). The molecule has 11 nitrogen and oxygen atoms in total. The Bertz CT molecular complexity index is 1700. The van der Waals surface area contributed by atoms with Gasteiger partial charge in [0.25, 0.3) is 26.0 Å². The van der Waals surface area contributed by atoms with Crippen LogP contribution in [-0.2, 0) is 24.8 Å². The van der Waals surface area contributed by atoms with Crippen molar-refractivity contribution in [1.29, 1.82) is 0 Å². The number of aliphatic hydroxyl groups excluding tert-OH is 1. The van der Waals surface area contributed by atoms with Crippen molar-refractivity contribution in [2.24, 2.45) is 5.92 Å². The fourth-order valence-corrected chi connectivity index (χ4v) is 8.75. The molecule has 1 aromatic heterocycles. The van der Waals surface area contributed by atoms with E-state index in [1.165, 1.54) is 52.7 Å². The SMILES string of the molecule is C[C@H]1CCCCO[C@@H](CN(C)S(=O)(=O)c2cccs2)[C@@H](C)CN([C@@H](C)CO)C(=O)c2cc(NS(=O)(=O)c3ccc(Cl)cc3)ccc2O1. The van der Waals surface area contributed by atoms with Gasteiger partial charge < -0.3 is 19.5 Å². The van der Waals surface area contributed by atoms with E-state index in [9.17, 15) is 26.7 Å². The Morgan fingerprint density at radius 1 is 1.11 bits per heavy atom. The number of rotatable bonds is 9. The summed E-state index contributed by atoms with van der Waals surface area (Å²) in [6.45, 7) is 5.70. The summed E-state index contributed by atoms with van der Waals surface area (Å²) in [7, 11) is -6.24. The number of ether oxygens (including phenoxy) is 2. The third-order valence-electron chi connectivity index (χ3n) is 8.02. The fraction of sp³-hybridized carbons (Fsp3) is 0.469. The molecular formula is C32H42ClN3O8S3. The molecule has 0 fully saturated rings. The number of nitrogens with one attached hydrogen (secondary N) is 1. The number of thiophene rings is 1. The van der Waals surface area contributed by atoms with E-state index in [1.54, 1.807) is 30.5 Å². The molecule has 15 heteroatoms. The van der Waals surface area contributed by atoms with Crippen LogP contribution in [0.5, 0.6) is 5.75 Å². The molecule has 0 saturated heterocycles. The van der Waals surface area contributed by atoms with Crippen LogP contribution < -0.4 is 9.46 Å². The van der Waals surface area contributed by atoms with Gasteiger partial charge in [-0.2, -0.15) is 4.31 Å². The van der Waals surface area contributed by atoms with Gasteiger partial charge in [-0.05, 0) is 87.0 Å². The molecule has 258 valence electrons. The van der Waals surface area contributed by atoms with E-state index in [0.29, 0.717) is 24.5 Å². The molecule has 0 saturated carbocycles. The average molecular weight is 728 g/mol. The van der Waals surface area contributed by atoms with Gasteiger partial charge in [0.15, 0.2) is 0 Å². The van der Waals surface area contributed by atoms with Gasteiger partial charge in [-0.25, -0.2) is 16.8 Å². The number of aliphatic hydroxyl groups is 1. The summed E-state index contributed by atoms with van der Waals surface area (Å²) >= 11 is 7.07. The Balaban J connectivity index is 1.68. The molecule has 1 amide bonds. The van der Waals surface area contributed by atoms with Crippen molar-refractivity contribution < 1.29 is 36.2 Å². The molecule has 2 N–H and O–H groups in total. The van der Waals surface area contributed by atoms with Crippen LogP contribution in [0.1, 0.15) is 50.4 Å². The zero-order valence-corrected chi connectivity index (χ0v) is 30.0. The largest absolute Gasteiger partial charge is 0.490 e. The van der Waals surface area contributed by atoms with Crippen molar-refractivity contribution >= 4 is 54.6 Å². The molecule has 1 aliphatic heterocycles. The van der Waals surface area contributed by atoms with Crippen molar-refractivity contribution in [3.8, 4) is 5.75 Å². The van der Waals surface area contributed by atoms with Crippen LogP contribution in [0.2, 0.25) is 5.02 Å². The van der Waals surface area contributed by atoms with E-state index in [1.807, 2.05) is 13.8 Å². The second-order valence-electron chi connectivity index (χ2n) is 11.8. The molecular weight excluding hydrogens is 686 g/mol. The number of carbonyl (C=O) groups excluding carboxylic acids is 1. The van der Waals surface area contributed by atoms with E-state index in [4.69, 9.17) is 21.1 Å². The van der Waals surface area contributed by atoms with Crippen LogP contribution in [0.15, 0.2) is 69.1 Å². The lowest BCUT2D eigenvalue weighted by atomic mass is 10.0. The lowest BCUT2D eigenvalue weighted by molar-refractivity contribution is -0.00832. The first-order valence-electron chi connectivity index (χ1n) is 15.3. The predicted octanol–water partition coefficient (Wildman–Crippen LogP) is 5.32. The van der Waals surface area contributed by atoms with Crippen molar-refractivity contribution in [1.82, 2.24) is 9.21 Å². The number of nitrogens with zero attached hydrogens (tertiary/aromatic N) is 2. The van der Waals surface area contributed by atoms with Gasteiger partial charge in [-0.3, -0.25) is 9.52 Å². The maximum absolute atomic E-state index is 14.3. The van der Waals surface area contributed by atoms with Crippen LogP contribution in [-0.4, -0.2) is 88.7 Å². The van der Waals surface area contributed by atoms with Gasteiger partial charge in [0.2, 0.25) is 0 Å². The van der Waals surface area contributed by atoms with Gasteiger partial charge in [0.05, 0.1) is 35.3 Å². The van der Waals surface area contributed by atoms with Crippen molar-refractivity contribution in [2.75, 3.05) is 38.1 Å². The first-order chi connectivity index (χ1) is 22.2. The molecule has 0 spiro atoms. The van der Waals surface area contributed by atoms with Crippen LogP contribution >= 0.6 is 22.9 Å². The highest BCUT2D eigenvalue weighted by atomic mass is 35.5. The van der Waals surface area contributed by atoms with Crippen LogP contribution in [0.25, 0.3) is 0 Å². The number of halogens is 1. The Labute approximate surface area is 286 Å². The number of carbonyl (C=O) groups is 1. The molecule has 2 aromatic carbocycles. The molecule has 0 aliphatic carbocycles. The number of hydrogen-bond donors (Lipinski definition) is 2. The van der Waals surface area contributed by atoms with Gasteiger partial charge in [0.1, 0.15) is 9.96 Å². The predicted molar refractivity (Wildman–Crippen MR) is 183 cm³/mol. The number of hydrogen-bond acceptors (Lipinski definition) is 9. The number of anilines is 1. The minimum atomic E-state index is -4.01. The standard InChI is InChI=1S/C32H42ClN3O8S3/c1-22-19-36(23(2)21-37)32(38)28-18-26(34-46(39,40)27-13-10-25(33)11-14-27)12-15-29(28)44-24(3)8-5-6-16-43-30(22)20-35(4)47(41,42)31-9-7-17-45-31/h7,9-15,17-18,22-24,30,34,37H,5-6,8,16,19-21H2,1-4H3/t22-,23-,24-,30-/m0/s1. The average Bonchev–Trinajstić information content (AvgIpc) is 3.59. The number of benzene rings is 2. The summed E-state index contributed by atoms with van der Waals surface area (Å²) in [6.07, 6.45) is 1.30. The smallest absolute Gasteiger partial charge is 0.261 e. The third-order valence-corrected chi connectivity index (χ3v) is 12.9. The van der Waals surface area contributed by atoms with Gasteiger partial charge >= 0.3 is 0 Å². The number of fused-ring (bicyclic) bond motifs is 1. The molecule has 0 radical (unpaired) electrons. The second kappa shape index (κ2) is 16.1. The van der Waals surface area contributed by atoms with Gasteiger partial charge in [-0.15, -0.1) is 11.3 Å². The summed E-state index contributed by atoms with van der Waals surface area (Å²) in [5.74, 6) is -0.554. The molecule has 1 aliphatic rings. The normalized spacial score (nSPS) is 21.0. The highest BCUT2D eigenvalue weighted by Crippen LogP contribution is 2.30. The monoisotopic (exact) mass is 727 g/mol. The number of sulfonamides is 2. The first-order valence-corrected chi connectivity index (χ1v) is 19.5. The summed E-state index contributed by atoms with van der Waals surface area (Å²) in [5.41, 5.74) is 0.267. The summed E-state index contributed by atoms with van der Waals surface area (Å²) in [5, 5.41) is 12.3. The Morgan fingerprint density at radius 3 is 2.49 bits per heavy atom. The van der Waals surface area contributed by atoms with E-state index >= 15 is 0 Å². The van der Waals surface area contributed by atoms with Gasteiger partial charge in [0, 0.05) is 43.4 Å². The van der Waals surface area contributed by atoms with Crippen LogP contribution in [0.3, 0.4) is 0 Å². The summed E-state index contributed by atoms with van der Waals surface area (Å²) in [6, 6.07) is 12.8. The molecule has 0 unspecified atom stereocenters. The van der Waals surface area contributed by atoms with Crippen molar-refractivity contribution in [3.63, 3.8) is 0 Å². The molecule has 3 aromatic rings. The number of amides is 1. The lowest BCUT2D eigenvalue weighted by Gasteiger charge is -2.35. The van der Waals surface area contributed by atoms with Crippen molar-refractivity contribution in [2.45, 2.75) is 67.4 Å². The fourth-order valence-electron chi connectivity index (χ4n) is 5.19. The van der Waals surface area contributed by atoms with E-state index in [2.05, 4.69) is 4.72 Å². The van der Waals surface area contributed by atoms with E-state index in [0.717, 1.165) is 17.8 Å². The van der Waals surface area contributed by atoms with E-state index < -0.39 is 38.1 Å². The summed E-state index contributed by atoms with van der Waals surface area (Å²) in [4.78, 5) is 15.8. The molecule has 47 heavy (non-hydrogen) atoms. The van der Waals surface area contributed by atoms with E-state index in [-0.39, 0.29) is 57.8 Å². The Kier molecular flexibility index (Phi) is 12.7. The lowest BCUT2D eigenvalue weighted by Crippen LogP contribution is -2.48. The minimum Gasteiger partial charge on any atom is -0.490 e.